The topological polar surface area (TPSA) is 55.1 Å². The third-order valence-electron chi connectivity index (χ3n) is 3.54. The SMILES string of the molecule is CCC(C)(NC(=O)c1c(C)cc(C)cc1C)C(N)=S. The molecular weight excluding hydrogens is 256 g/mol. The Labute approximate surface area is 120 Å². The van der Waals surface area contributed by atoms with Crippen molar-refractivity contribution in [3.63, 3.8) is 0 Å². The van der Waals surface area contributed by atoms with Crippen molar-refractivity contribution in [1.29, 1.82) is 0 Å². The zero-order valence-corrected chi connectivity index (χ0v) is 13.1. The van der Waals surface area contributed by atoms with Gasteiger partial charge in [0.1, 0.15) is 0 Å². The van der Waals surface area contributed by atoms with Gasteiger partial charge in [0.25, 0.3) is 5.91 Å². The summed E-state index contributed by atoms with van der Waals surface area (Å²) >= 11 is 5.05. The molecule has 1 aromatic rings. The second-order valence-corrected chi connectivity index (χ2v) is 5.72. The second kappa shape index (κ2) is 5.70. The maximum atomic E-state index is 12.5. The maximum Gasteiger partial charge on any atom is 0.252 e. The first-order valence-electron chi connectivity index (χ1n) is 6.41. The van der Waals surface area contributed by atoms with Crippen LogP contribution in [0.15, 0.2) is 12.1 Å². The van der Waals surface area contributed by atoms with Gasteiger partial charge in [-0.2, -0.15) is 0 Å². The van der Waals surface area contributed by atoms with Crippen LogP contribution in [0.25, 0.3) is 0 Å². The molecule has 4 heteroatoms. The summed E-state index contributed by atoms with van der Waals surface area (Å²) in [5.74, 6) is -0.118. The standard InChI is InChI=1S/C15H22N2OS/c1-6-15(5,14(16)19)17-13(18)12-10(3)7-9(2)8-11(12)4/h7-8H,6H2,1-5H3,(H2,16,19)(H,17,18). The fourth-order valence-electron chi connectivity index (χ4n) is 2.18. The number of nitrogens with two attached hydrogens (primary N) is 1. The van der Waals surface area contributed by atoms with E-state index < -0.39 is 5.54 Å². The lowest BCUT2D eigenvalue weighted by molar-refractivity contribution is 0.0925. The average molecular weight is 278 g/mol. The third-order valence-corrected chi connectivity index (χ3v) is 3.99. The van der Waals surface area contributed by atoms with Crippen LogP contribution in [0.4, 0.5) is 0 Å². The van der Waals surface area contributed by atoms with E-state index in [1.165, 1.54) is 0 Å². The highest BCUT2D eigenvalue weighted by molar-refractivity contribution is 7.80. The Morgan fingerprint density at radius 2 is 1.79 bits per heavy atom. The molecule has 1 rings (SSSR count). The van der Waals surface area contributed by atoms with Crippen LogP contribution in [0.5, 0.6) is 0 Å². The molecule has 1 amide bonds. The summed E-state index contributed by atoms with van der Waals surface area (Å²) in [6.07, 6.45) is 0.665. The van der Waals surface area contributed by atoms with Gasteiger partial charge in [0.05, 0.1) is 10.5 Å². The predicted octanol–water partition coefficient (Wildman–Crippen LogP) is 2.80. The van der Waals surface area contributed by atoms with Gasteiger partial charge in [-0.3, -0.25) is 4.79 Å². The van der Waals surface area contributed by atoms with Crippen molar-refractivity contribution in [2.45, 2.75) is 46.6 Å². The Morgan fingerprint density at radius 1 is 1.32 bits per heavy atom. The summed E-state index contributed by atoms with van der Waals surface area (Å²) in [7, 11) is 0. The van der Waals surface area contributed by atoms with E-state index in [-0.39, 0.29) is 5.91 Å². The normalized spacial score (nSPS) is 13.7. The van der Waals surface area contributed by atoms with Gasteiger partial charge < -0.3 is 11.1 Å². The molecule has 3 nitrogen and oxygen atoms in total. The number of nitrogens with one attached hydrogen (secondary N) is 1. The van der Waals surface area contributed by atoms with Crippen LogP contribution in [-0.2, 0) is 0 Å². The van der Waals surface area contributed by atoms with Crippen LogP contribution in [0, 0.1) is 20.8 Å². The van der Waals surface area contributed by atoms with Gasteiger partial charge in [-0.05, 0) is 45.2 Å². The Morgan fingerprint density at radius 3 is 2.16 bits per heavy atom. The van der Waals surface area contributed by atoms with E-state index in [0.717, 1.165) is 16.7 Å². The maximum absolute atomic E-state index is 12.5. The summed E-state index contributed by atoms with van der Waals surface area (Å²) in [6.45, 7) is 9.71. The quantitative estimate of drug-likeness (QED) is 0.833. The molecule has 0 saturated carbocycles. The molecule has 3 N–H and O–H groups in total. The van der Waals surface area contributed by atoms with Crippen molar-refractivity contribution in [2.75, 3.05) is 0 Å². The van der Waals surface area contributed by atoms with Gasteiger partial charge in [-0.1, -0.05) is 36.8 Å². The molecule has 0 spiro atoms. The van der Waals surface area contributed by atoms with Gasteiger partial charge >= 0.3 is 0 Å². The molecule has 0 aliphatic carbocycles. The molecule has 0 fully saturated rings. The number of thiocarbonyl (C=S) groups is 1. The van der Waals surface area contributed by atoms with Crippen molar-refractivity contribution in [1.82, 2.24) is 5.32 Å². The number of rotatable bonds is 4. The van der Waals surface area contributed by atoms with Crippen LogP contribution >= 0.6 is 12.2 Å². The number of hydrogen-bond donors (Lipinski definition) is 2. The highest BCUT2D eigenvalue weighted by Crippen LogP contribution is 2.18. The van der Waals surface area contributed by atoms with Crippen LogP contribution in [0.1, 0.15) is 47.3 Å². The molecule has 0 aromatic heterocycles. The monoisotopic (exact) mass is 278 g/mol. The minimum absolute atomic E-state index is 0.118. The first-order valence-corrected chi connectivity index (χ1v) is 6.82. The molecule has 104 valence electrons. The van der Waals surface area contributed by atoms with Crippen LogP contribution < -0.4 is 11.1 Å². The zero-order valence-electron chi connectivity index (χ0n) is 12.3. The van der Waals surface area contributed by atoms with E-state index in [0.29, 0.717) is 17.0 Å². The largest absolute Gasteiger partial charge is 0.391 e. The fraction of sp³-hybridized carbons (Fsp3) is 0.467. The van der Waals surface area contributed by atoms with E-state index in [1.807, 2.05) is 46.8 Å². The van der Waals surface area contributed by atoms with Crippen LogP contribution in [0.2, 0.25) is 0 Å². The van der Waals surface area contributed by atoms with E-state index >= 15 is 0 Å². The number of benzene rings is 1. The predicted molar refractivity (Wildman–Crippen MR) is 83.6 cm³/mol. The van der Waals surface area contributed by atoms with E-state index in [2.05, 4.69) is 5.32 Å². The molecule has 1 atom stereocenters. The van der Waals surface area contributed by atoms with Crippen LogP contribution in [0.3, 0.4) is 0 Å². The molecule has 1 unspecified atom stereocenters. The molecule has 0 bridgehead atoms. The molecule has 0 saturated heterocycles. The lowest BCUT2D eigenvalue weighted by Gasteiger charge is -2.29. The number of carbonyl (C=O) groups excluding carboxylic acids is 1. The Hall–Kier alpha value is -1.42. The highest BCUT2D eigenvalue weighted by atomic mass is 32.1. The summed E-state index contributed by atoms with van der Waals surface area (Å²) in [6, 6.07) is 4.01. The first kappa shape index (κ1) is 15.6. The third kappa shape index (κ3) is 3.32. The van der Waals surface area contributed by atoms with Gasteiger partial charge in [0.2, 0.25) is 0 Å². The molecular formula is C15H22N2OS. The second-order valence-electron chi connectivity index (χ2n) is 5.28. The van der Waals surface area contributed by atoms with Crippen molar-refractivity contribution >= 4 is 23.1 Å². The smallest absolute Gasteiger partial charge is 0.252 e. The first-order chi connectivity index (χ1) is 8.71. The minimum Gasteiger partial charge on any atom is -0.391 e. The molecule has 0 aliphatic rings. The van der Waals surface area contributed by atoms with Crippen molar-refractivity contribution in [2.24, 2.45) is 5.73 Å². The van der Waals surface area contributed by atoms with E-state index in [9.17, 15) is 4.79 Å². The van der Waals surface area contributed by atoms with Crippen molar-refractivity contribution in [3.05, 3.63) is 34.4 Å². The summed E-state index contributed by atoms with van der Waals surface area (Å²) in [5, 5.41) is 2.95. The Bertz CT molecular complexity index is 502. The number of aryl methyl sites for hydroxylation is 3. The molecule has 0 radical (unpaired) electrons. The van der Waals surface area contributed by atoms with Gasteiger partial charge in [-0.15, -0.1) is 0 Å². The minimum atomic E-state index is -0.643. The molecule has 0 aliphatic heterocycles. The zero-order chi connectivity index (χ0) is 14.8. The van der Waals surface area contributed by atoms with E-state index in [1.54, 1.807) is 0 Å². The lowest BCUT2D eigenvalue weighted by atomic mass is 9.95. The number of hydrogen-bond acceptors (Lipinski definition) is 2. The summed E-state index contributed by atoms with van der Waals surface area (Å²) < 4.78 is 0. The van der Waals surface area contributed by atoms with E-state index in [4.69, 9.17) is 18.0 Å². The summed E-state index contributed by atoms with van der Waals surface area (Å²) in [5.41, 5.74) is 8.88. The molecule has 1 aromatic carbocycles. The average Bonchev–Trinajstić information content (AvgIpc) is 2.26. The molecule has 0 heterocycles. The Kier molecular flexibility index (Phi) is 4.69. The number of carbonyl (C=O) groups is 1. The van der Waals surface area contributed by atoms with Crippen LogP contribution in [-0.4, -0.2) is 16.4 Å². The van der Waals surface area contributed by atoms with Crippen molar-refractivity contribution in [3.8, 4) is 0 Å². The van der Waals surface area contributed by atoms with Gasteiger partial charge in [0.15, 0.2) is 0 Å². The molecule has 19 heavy (non-hydrogen) atoms. The highest BCUT2D eigenvalue weighted by Gasteiger charge is 2.28. The Balaban J connectivity index is 3.12. The fourth-order valence-corrected chi connectivity index (χ4v) is 2.37. The summed E-state index contributed by atoms with van der Waals surface area (Å²) in [4.78, 5) is 12.8. The van der Waals surface area contributed by atoms with Crippen molar-refractivity contribution < 1.29 is 4.79 Å². The van der Waals surface area contributed by atoms with Gasteiger partial charge in [0, 0.05) is 5.56 Å². The number of amides is 1. The lowest BCUT2D eigenvalue weighted by Crippen LogP contribution is -2.54. The van der Waals surface area contributed by atoms with Gasteiger partial charge in [-0.25, -0.2) is 0 Å².